The van der Waals surface area contributed by atoms with E-state index < -0.39 is 0 Å². The Morgan fingerprint density at radius 1 is 1.33 bits per heavy atom. The summed E-state index contributed by atoms with van der Waals surface area (Å²) in [4.78, 5) is 4.01. The minimum Gasteiger partial charge on any atom is -0.390 e. The second-order valence-corrected chi connectivity index (χ2v) is 3.04. The second kappa shape index (κ2) is 6.45. The minimum atomic E-state index is 0. The van der Waals surface area contributed by atoms with Crippen molar-refractivity contribution in [3.63, 3.8) is 0 Å². The van der Waals surface area contributed by atoms with Gasteiger partial charge in [-0.25, -0.2) is 0 Å². The summed E-state index contributed by atoms with van der Waals surface area (Å²) < 4.78 is 1.87. The topological polar surface area (TPSA) is 15.6 Å². The van der Waals surface area contributed by atoms with Gasteiger partial charge in [0.1, 0.15) is 0 Å². The summed E-state index contributed by atoms with van der Waals surface area (Å²) in [5.41, 5.74) is 2.07. The Kier molecular flexibility index (Phi) is 7.05. The molecular weight excluding hydrogens is 535 g/mol. The number of aliphatic imine (C=N–C) groups is 1. The number of hydrogen-bond donors (Lipinski definition) is 0. The second-order valence-electron chi connectivity index (χ2n) is 2.53. The van der Waals surface area contributed by atoms with E-state index in [1.54, 1.807) is 0 Å². The van der Waals surface area contributed by atoms with Crippen molar-refractivity contribution in [3.05, 3.63) is 49.7 Å². The molecule has 15 heavy (non-hydrogen) atoms. The van der Waals surface area contributed by atoms with E-state index in [4.69, 9.17) is 0 Å². The van der Waals surface area contributed by atoms with E-state index in [1.807, 2.05) is 28.9 Å². The van der Waals surface area contributed by atoms with Crippen LogP contribution in [0.15, 0.2) is 41.7 Å². The van der Waals surface area contributed by atoms with Gasteiger partial charge < -0.3 is 17.1 Å². The van der Waals surface area contributed by atoms with Gasteiger partial charge in [-0.2, -0.15) is 0 Å². The third-order valence-electron chi connectivity index (χ3n) is 1.75. The first-order valence-corrected chi connectivity index (χ1v) is 4.10. The van der Waals surface area contributed by atoms with Gasteiger partial charge in [0.25, 0.3) is 0 Å². The van der Waals surface area contributed by atoms with E-state index in [-0.39, 0.29) is 40.1 Å². The van der Waals surface area contributed by atoms with Crippen molar-refractivity contribution in [3.8, 4) is 0 Å². The van der Waals surface area contributed by atoms with Crippen LogP contribution in [0.5, 0.6) is 0 Å². The van der Waals surface area contributed by atoms with E-state index in [0.29, 0.717) is 5.82 Å². The van der Waals surface area contributed by atoms with E-state index in [2.05, 4.69) is 27.2 Å². The maximum atomic E-state index is 4.01. The molecule has 0 saturated carbocycles. The molecule has 0 fully saturated rings. The fourth-order valence-electron chi connectivity index (χ4n) is 1.10. The molecule has 1 radical (unpaired) electrons. The zero-order valence-electron chi connectivity index (χ0n) is 8.77. The van der Waals surface area contributed by atoms with Crippen LogP contribution in [0.2, 0.25) is 0 Å². The zero-order chi connectivity index (χ0) is 8.55. The molecule has 1 aliphatic rings. The summed E-state index contributed by atoms with van der Waals surface area (Å²) in [5, 5.41) is 0. The van der Waals surface area contributed by atoms with Crippen molar-refractivity contribution in [2.75, 3.05) is 4.67 Å². The molecule has 1 aliphatic heterocycles. The van der Waals surface area contributed by atoms with Gasteiger partial charge in [-0.15, -0.1) is 17.7 Å². The van der Waals surface area contributed by atoms with Crippen molar-refractivity contribution < 1.29 is 32.7 Å². The number of hydrogen-bond acceptors (Lipinski definition) is 2. The van der Waals surface area contributed by atoms with Crippen molar-refractivity contribution in [1.29, 1.82) is 0 Å². The van der Waals surface area contributed by atoms with Crippen molar-refractivity contribution in [2.24, 2.45) is 4.99 Å². The molecule has 73 valence electrons. The fourth-order valence-corrected chi connectivity index (χ4v) is 1.38. The van der Waals surface area contributed by atoms with Gasteiger partial charge in [-0.3, -0.25) is 0 Å². The summed E-state index contributed by atoms with van der Waals surface area (Å²) >= 11 is 0. The molecule has 2 nitrogen and oxygen atoms in total. The molecule has 1 aromatic carbocycles. The third kappa shape index (κ3) is 2.96. The van der Waals surface area contributed by atoms with Gasteiger partial charge in [0, 0.05) is 38.5 Å². The summed E-state index contributed by atoms with van der Waals surface area (Å²) in [6.45, 7) is 3.77. The average Bonchev–Trinajstić information content (AvgIpc) is 2.12. The molecule has 0 N–H and O–H groups in total. The molecule has 0 spiro atoms. The smallest absolute Gasteiger partial charge is 0.0442 e. The van der Waals surface area contributed by atoms with Crippen LogP contribution in [-0.4, -0.2) is 6.21 Å². The largest absolute Gasteiger partial charge is 0.390 e. The predicted octanol–water partition coefficient (Wildman–Crippen LogP) is 2.51. The zero-order valence-corrected chi connectivity index (χ0v) is 19.2. The fraction of sp³-hybridized carbons (Fsp3) is 0. The van der Waals surface area contributed by atoms with Crippen molar-refractivity contribution >= 4 is 21.3 Å². The molecule has 5 heteroatoms. The van der Waals surface area contributed by atoms with E-state index >= 15 is 0 Å². The van der Waals surface area contributed by atoms with Crippen LogP contribution in [0.1, 0.15) is 5.56 Å². The molecule has 2 rings (SSSR count). The summed E-state index contributed by atoms with van der Waals surface area (Å²) in [6.07, 6.45) is 2.91. The normalized spacial score (nSPS) is 11.8. The number of anilines is 1. The van der Waals surface area contributed by atoms with Crippen LogP contribution in [0.3, 0.4) is 0 Å². The Morgan fingerprint density at radius 3 is 2.60 bits per heavy atom. The van der Waals surface area contributed by atoms with Crippen LogP contribution in [0.4, 0.5) is 5.69 Å². The van der Waals surface area contributed by atoms with Gasteiger partial charge in [-0.1, -0.05) is 28.1 Å². The molecule has 1 aromatic rings. The van der Waals surface area contributed by atoms with Crippen molar-refractivity contribution in [2.45, 2.75) is 0 Å². The Morgan fingerprint density at radius 2 is 1.93 bits per heavy atom. The Bertz CT molecular complexity index is 368. The first-order chi connectivity index (χ1) is 5.79. The molecule has 1 unspecified atom stereocenters. The Labute approximate surface area is 113 Å². The molecule has 1 atom stereocenters. The number of benzene rings is 1. The predicted molar refractivity (Wildman–Crippen MR) is 60.7 cm³/mol. The van der Waals surface area contributed by atoms with Crippen LogP contribution in [0, 0.1) is 7.43 Å². The summed E-state index contributed by atoms with van der Waals surface area (Å²) in [7, 11) is 2.57. The van der Waals surface area contributed by atoms with Crippen LogP contribution in [0.25, 0.3) is 0 Å². The number of rotatable bonds is 0. The standard InChI is InChI=1S/C9H8N2P.CH3.Rf.Y/c1-7-10-6-8-4-2-3-5-9(8)11(7)12;;;/h2-5H,1,12H2;1H3;;/q2*-1;;. The molecule has 0 amide bonds. The van der Waals surface area contributed by atoms with E-state index in [0.717, 1.165) is 11.3 Å². The minimum absolute atomic E-state index is 0. The molecular formula is C10H11N2PRfY-2. The average molecular weight is 546 g/mol. The van der Waals surface area contributed by atoms with Gasteiger partial charge in [0.05, 0.1) is 0 Å². The maximum absolute atomic E-state index is 4.01. The number of fused-ring (bicyclic) bond motifs is 1. The quantitative estimate of drug-likeness (QED) is 0.361. The van der Waals surface area contributed by atoms with Gasteiger partial charge in [-0.05, 0) is 11.9 Å². The first kappa shape index (κ1) is 16.4. The maximum Gasteiger partial charge on any atom is 0.0442 e. The van der Waals surface area contributed by atoms with Crippen molar-refractivity contribution in [1.82, 2.24) is 0 Å². The van der Waals surface area contributed by atoms with Crippen LogP contribution < -0.4 is 4.67 Å². The SMILES string of the molecule is C=C1N=[C-]c2ccccc2N1P.[CH3-].[Rf].[Y]. The molecule has 0 aliphatic carbocycles. The molecule has 0 aromatic heterocycles. The van der Waals surface area contributed by atoms with E-state index in [1.165, 1.54) is 0 Å². The first-order valence-electron chi connectivity index (χ1n) is 3.58. The number of nitrogens with zero attached hydrogens (tertiary/aromatic N) is 2. The Balaban J connectivity index is 0. The Hall–Kier alpha value is -1.04. The van der Waals surface area contributed by atoms with E-state index in [9.17, 15) is 0 Å². The summed E-state index contributed by atoms with van der Waals surface area (Å²) in [5.74, 6) is 0.693. The monoisotopic (exact) mass is 546 g/mol. The van der Waals surface area contributed by atoms with Crippen LogP contribution in [-0.2, 0) is 32.7 Å². The van der Waals surface area contributed by atoms with Gasteiger partial charge >= 0.3 is 0 Å². The van der Waals surface area contributed by atoms with Crippen LogP contribution >= 0.6 is 9.39 Å². The van der Waals surface area contributed by atoms with Gasteiger partial charge in [0.2, 0.25) is 0 Å². The third-order valence-corrected chi connectivity index (χ3v) is 2.32. The molecule has 0 bridgehead atoms. The number of para-hydroxylation sites is 1. The molecule has 0 saturated heterocycles. The summed E-state index contributed by atoms with van der Waals surface area (Å²) in [6, 6.07) is 7.93. The van der Waals surface area contributed by atoms with Gasteiger partial charge in [0.15, 0.2) is 0 Å². The molecule has 1 heterocycles.